The van der Waals surface area contributed by atoms with Crippen LogP contribution in [0, 0.1) is 11.6 Å². The van der Waals surface area contributed by atoms with E-state index in [-0.39, 0.29) is 17.6 Å². The topological polar surface area (TPSA) is 0 Å². The average Bonchev–Trinajstić information content (AvgIpc) is 2.73. The Hall–Kier alpha value is -2.22. The van der Waals surface area contributed by atoms with Crippen molar-refractivity contribution in [3.63, 3.8) is 0 Å². The van der Waals surface area contributed by atoms with Crippen LogP contribution in [0.4, 0.5) is 8.78 Å². The molecule has 0 aliphatic heterocycles. The van der Waals surface area contributed by atoms with Gasteiger partial charge in [-0.1, -0.05) is 69.0 Å². The molecule has 152 valence electrons. The van der Waals surface area contributed by atoms with Gasteiger partial charge < -0.3 is 0 Å². The predicted octanol–water partition coefficient (Wildman–Crippen LogP) is 7.90. The van der Waals surface area contributed by atoms with E-state index in [1.807, 2.05) is 18.2 Å². The van der Waals surface area contributed by atoms with Crippen LogP contribution in [-0.4, -0.2) is 0 Å². The highest BCUT2D eigenvalue weighted by atomic mass is 19.1. The van der Waals surface area contributed by atoms with Gasteiger partial charge in [0.15, 0.2) is 0 Å². The van der Waals surface area contributed by atoms with Crippen LogP contribution in [0.15, 0.2) is 48.5 Å². The van der Waals surface area contributed by atoms with E-state index in [0.717, 1.165) is 35.8 Å². The van der Waals surface area contributed by atoms with Gasteiger partial charge in [-0.25, -0.2) is 8.78 Å². The molecule has 0 aromatic heterocycles. The Morgan fingerprint density at radius 3 is 2.59 bits per heavy atom. The summed E-state index contributed by atoms with van der Waals surface area (Å²) in [5.41, 5.74) is 4.30. The van der Waals surface area contributed by atoms with Crippen molar-refractivity contribution in [2.75, 3.05) is 0 Å². The standard InChI is InChI=1S/C27H30F2/c1-2-3-4-5-6-7-19-8-14-25-21(16-19)12-15-26(27(25)29)22-10-9-20-11-13-24(28)18-23(20)17-22/h8,11-16,18,22H,2-7,9-10,17H2,1H3. The van der Waals surface area contributed by atoms with Crippen molar-refractivity contribution in [1.82, 2.24) is 0 Å². The minimum absolute atomic E-state index is 0.0955. The SMILES string of the molecule is CCCCCCCc1ccc2c(F)c(C3CCc4ccc(F)cc4C3)ccc2c1. The Kier molecular flexibility index (Phi) is 6.28. The van der Waals surface area contributed by atoms with Crippen molar-refractivity contribution < 1.29 is 8.78 Å². The van der Waals surface area contributed by atoms with Gasteiger partial charge in [-0.05, 0) is 77.8 Å². The molecule has 0 nitrogen and oxygen atoms in total. The van der Waals surface area contributed by atoms with Crippen LogP contribution in [0.3, 0.4) is 0 Å². The number of unbranched alkanes of at least 4 members (excludes halogenated alkanes) is 4. The lowest BCUT2D eigenvalue weighted by atomic mass is 9.79. The molecule has 29 heavy (non-hydrogen) atoms. The van der Waals surface area contributed by atoms with Gasteiger partial charge in [0.05, 0.1) is 0 Å². The molecule has 3 aromatic carbocycles. The molecule has 1 aliphatic carbocycles. The minimum atomic E-state index is -0.203. The molecule has 2 heteroatoms. The molecular formula is C27H30F2. The molecular weight excluding hydrogens is 362 g/mol. The highest BCUT2D eigenvalue weighted by molar-refractivity contribution is 5.84. The van der Waals surface area contributed by atoms with Crippen molar-refractivity contribution in [2.45, 2.75) is 70.6 Å². The first-order valence-corrected chi connectivity index (χ1v) is 11.1. The maximum atomic E-state index is 15.4. The summed E-state index contributed by atoms with van der Waals surface area (Å²) in [7, 11) is 0. The molecule has 0 saturated heterocycles. The van der Waals surface area contributed by atoms with Crippen molar-refractivity contribution in [3.05, 3.63) is 82.4 Å². The summed E-state index contributed by atoms with van der Waals surface area (Å²) in [6.45, 7) is 2.23. The van der Waals surface area contributed by atoms with Gasteiger partial charge in [-0.2, -0.15) is 0 Å². The predicted molar refractivity (Wildman–Crippen MR) is 118 cm³/mol. The first-order valence-electron chi connectivity index (χ1n) is 11.1. The zero-order chi connectivity index (χ0) is 20.2. The Bertz CT molecular complexity index is 989. The molecule has 0 saturated carbocycles. The van der Waals surface area contributed by atoms with Crippen LogP contribution in [0.2, 0.25) is 0 Å². The number of hydrogen-bond donors (Lipinski definition) is 0. The Labute approximate surface area is 173 Å². The third-order valence-electron chi connectivity index (χ3n) is 6.45. The quantitative estimate of drug-likeness (QED) is 0.358. The van der Waals surface area contributed by atoms with Gasteiger partial charge in [0, 0.05) is 5.39 Å². The fraction of sp³-hybridized carbons (Fsp3) is 0.407. The second kappa shape index (κ2) is 9.07. The summed E-state index contributed by atoms with van der Waals surface area (Å²) in [4.78, 5) is 0. The summed E-state index contributed by atoms with van der Waals surface area (Å²) >= 11 is 0. The van der Waals surface area contributed by atoms with E-state index in [2.05, 4.69) is 25.1 Å². The maximum absolute atomic E-state index is 15.4. The number of benzene rings is 3. The molecule has 0 spiro atoms. The molecule has 1 unspecified atom stereocenters. The zero-order valence-electron chi connectivity index (χ0n) is 17.3. The van der Waals surface area contributed by atoms with E-state index in [9.17, 15) is 4.39 Å². The highest BCUT2D eigenvalue weighted by Crippen LogP contribution is 2.36. The number of hydrogen-bond acceptors (Lipinski definition) is 0. The van der Waals surface area contributed by atoms with Gasteiger partial charge in [0.2, 0.25) is 0 Å². The molecule has 4 rings (SSSR count). The summed E-state index contributed by atoms with van der Waals surface area (Å²) in [6.07, 6.45) is 9.91. The van der Waals surface area contributed by atoms with Crippen molar-refractivity contribution in [2.24, 2.45) is 0 Å². The second-order valence-electron chi connectivity index (χ2n) is 8.54. The molecule has 3 aromatic rings. The first kappa shape index (κ1) is 20.1. The van der Waals surface area contributed by atoms with Crippen LogP contribution in [0.5, 0.6) is 0 Å². The Balaban J connectivity index is 1.51. The minimum Gasteiger partial charge on any atom is -0.207 e. The fourth-order valence-electron chi connectivity index (χ4n) is 4.75. The van der Waals surface area contributed by atoms with E-state index in [4.69, 9.17) is 0 Å². The number of aryl methyl sites for hydroxylation is 2. The van der Waals surface area contributed by atoms with E-state index in [1.54, 1.807) is 6.07 Å². The van der Waals surface area contributed by atoms with Gasteiger partial charge in [-0.3, -0.25) is 0 Å². The molecule has 0 radical (unpaired) electrons. The Morgan fingerprint density at radius 2 is 1.72 bits per heavy atom. The van der Waals surface area contributed by atoms with Crippen molar-refractivity contribution >= 4 is 10.8 Å². The highest BCUT2D eigenvalue weighted by Gasteiger charge is 2.23. The van der Waals surface area contributed by atoms with Gasteiger partial charge in [-0.15, -0.1) is 0 Å². The lowest BCUT2D eigenvalue weighted by molar-refractivity contribution is 0.535. The third kappa shape index (κ3) is 4.52. The lowest BCUT2D eigenvalue weighted by Gasteiger charge is -2.25. The normalized spacial score (nSPS) is 16.2. The van der Waals surface area contributed by atoms with Crippen LogP contribution in [-0.2, 0) is 19.3 Å². The zero-order valence-corrected chi connectivity index (χ0v) is 17.3. The monoisotopic (exact) mass is 392 g/mol. The van der Waals surface area contributed by atoms with E-state index >= 15 is 4.39 Å². The van der Waals surface area contributed by atoms with Crippen LogP contribution >= 0.6 is 0 Å². The van der Waals surface area contributed by atoms with E-state index < -0.39 is 0 Å². The van der Waals surface area contributed by atoms with Gasteiger partial charge in [0.25, 0.3) is 0 Å². The van der Waals surface area contributed by atoms with Gasteiger partial charge in [0.1, 0.15) is 11.6 Å². The van der Waals surface area contributed by atoms with Crippen molar-refractivity contribution in [1.29, 1.82) is 0 Å². The molecule has 0 heterocycles. The second-order valence-corrected chi connectivity index (χ2v) is 8.54. The lowest BCUT2D eigenvalue weighted by Crippen LogP contribution is -2.14. The van der Waals surface area contributed by atoms with Gasteiger partial charge >= 0.3 is 0 Å². The number of fused-ring (bicyclic) bond motifs is 2. The summed E-state index contributed by atoms with van der Waals surface area (Å²) in [5.74, 6) is -0.181. The molecule has 0 N–H and O–H groups in total. The van der Waals surface area contributed by atoms with E-state index in [1.165, 1.54) is 49.3 Å². The van der Waals surface area contributed by atoms with Crippen LogP contribution < -0.4 is 0 Å². The summed E-state index contributed by atoms with van der Waals surface area (Å²) < 4.78 is 29.0. The first-order chi connectivity index (χ1) is 14.2. The molecule has 1 atom stereocenters. The van der Waals surface area contributed by atoms with Crippen LogP contribution in [0.1, 0.15) is 73.6 Å². The molecule has 0 bridgehead atoms. The van der Waals surface area contributed by atoms with E-state index in [0.29, 0.717) is 11.8 Å². The largest absolute Gasteiger partial charge is 0.207 e. The average molecular weight is 393 g/mol. The summed E-state index contributed by atoms with van der Waals surface area (Å²) in [6, 6.07) is 15.2. The maximum Gasteiger partial charge on any atom is 0.134 e. The summed E-state index contributed by atoms with van der Waals surface area (Å²) in [5, 5.41) is 1.70. The number of rotatable bonds is 7. The smallest absolute Gasteiger partial charge is 0.134 e. The third-order valence-corrected chi connectivity index (χ3v) is 6.45. The Morgan fingerprint density at radius 1 is 0.862 bits per heavy atom. The molecule has 1 aliphatic rings. The van der Waals surface area contributed by atoms with Crippen LogP contribution in [0.25, 0.3) is 10.8 Å². The molecule has 0 fully saturated rings. The van der Waals surface area contributed by atoms with Crippen molar-refractivity contribution in [3.8, 4) is 0 Å². The molecule has 0 amide bonds. The fourth-order valence-corrected chi connectivity index (χ4v) is 4.75. The number of halogens is 2.